The quantitative estimate of drug-likeness (QED) is 0.391. The summed E-state index contributed by atoms with van der Waals surface area (Å²) in [7, 11) is 0. The topological polar surface area (TPSA) is 58.0 Å². The number of hydrogen-bond acceptors (Lipinski definition) is 2. The molecule has 4 heteroatoms. The van der Waals surface area contributed by atoms with Gasteiger partial charge in [-0.1, -0.05) is 23.3 Å². The Hall–Kier alpha value is -1.67. The summed E-state index contributed by atoms with van der Waals surface area (Å²) < 4.78 is 5.81. The Balaban J connectivity index is 2.47. The molecule has 0 amide bonds. The molecule has 0 bridgehead atoms. The summed E-state index contributed by atoms with van der Waals surface area (Å²) in [4.78, 5) is 2.89. The number of para-hydroxylation sites is 1. The zero-order valence-corrected chi connectivity index (χ0v) is 8.84. The van der Waals surface area contributed by atoms with Crippen LogP contribution in [0.25, 0.3) is 10.4 Å². The molecule has 1 aromatic rings. The lowest BCUT2D eigenvalue weighted by molar-refractivity contribution is 0.0729. The Bertz CT molecular complexity index is 422. The molecule has 1 aliphatic rings. The highest BCUT2D eigenvalue weighted by atomic mass is 16.5. The van der Waals surface area contributed by atoms with E-state index in [4.69, 9.17) is 10.3 Å². The average molecular weight is 203 g/mol. The summed E-state index contributed by atoms with van der Waals surface area (Å²) in [6.07, 6.45) is 0.716. The standard InChI is InChI=1S/C11H13N3O/c1-11(2)7-9(13-14-12)8-5-3-4-6-10(8)15-11/h3-6,9H,7H2,1-2H3/t9-/m0/s1. The molecule has 0 aromatic heterocycles. The van der Waals surface area contributed by atoms with Crippen LogP contribution in [-0.2, 0) is 0 Å². The van der Waals surface area contributed by atoms with Gasteiger partial charge in [0.2, 0.25) is 0 Å². The first-order chi connectivity index (χ1) is 7.12. The zero-order valence-electron chi connectivity index (χ0n) is 8.84. The van der Waals surface area contributed by atoms with E-state index in [1.165, 1.54) is 0 Å². The predicted molar refractivity (Wildman–Crippen MR) is 57.7 cm³/mol. The molecule has 15 heavy (non-hydrogen) atoms. The lowest BCUT2D eigenvalue weighted by atomic mass is 9.90. The smallest absolute Gasteiger partial charge is 0.123 e. The Morgan fingerprint density at radius 1 is 1.47 bits per heavy atom. The summed E-state index contributed by atoms with van der Waals surface area (Å²) in [6.45, 7) is 4.01. The number of hydrogen-bond donors (Lipinski definition) is 0. The van der Waals surface area contributed by atoms with Crippen molar-refractivity contribution in [2.75, 3.05) is 0 Å². The third kappa shape index (κ3) is 1.90. The van der Waals surface area contributed by atoms with Gasteiger partial charge in [-0.25, -0.2) is 0 Å². The summed E-state index contributed by atoms with van der Waals surface area (Å²) in [6, 6.07) is 7.60. The van der Waals surface area contributed by atoms with Crippen molar-refractivity contribution in [3.05, 3.63) is 40.3 Å². The van der Waals surface area contributed by atoms with Gasteiger partial charge in [0, 0.05) is 10.5 Å². The summed E-state index contributed by atoms with van der Waals surface area (Å²) in [5.41, 5.74) is 9.24. The summed E-state index contributed by atoms with van der Waals surface area (Å²) >= 11 is 0. The fourth-order valence-electron chi connectivity index (χ4n) is 1.93. The van der Waals surface area contributed by atoms with E-state index in [-0.39, 0.29) is 11.6 Å². The molecule has 0 saturated carbocycles. The molecule has 0 radical (unpaired) electrons. The molecule has 0 N–H and O–H groups in total. The van der Waals surface area contributed by atoms with E-state index >= 15 is 0 Å². The van der Waals surface area contributed by atoms with Crippen LogP contribution < -0.4 is 4.74 Å². The number of fused-ring (bicyclic) bond motifs is 1. The second-order valence-electron chi connectivity index (χ2n) is 4.32. The van der Waals surface area contributed by atoms with Crippen LogP contribution in [0, 0.1) is 0 Å². The molecule has 0 saturated heterocycles. The van der Waals surface area contributed by atoms with Gasteiger partial charge in [-0.2, -0.15) is 0 Å². The minimum atomic E-state index is -0.271. The average Bonchev–Trinajstić information content (AvgIpc) is 2.16. The van der Waals surface area contributed by atoms with Gasteiger partial charge < -0.3 is 4.74 Å². The predicted octanol–water partition coefficient (Wildman–Crippen LogP) is 3.60. The van der Waals surface area contributed by atoms with Crippen molar-refractivity contribution in [2.45, 2.75) is 31.9 Å². The Morgan fingerprint density at radius 3 is 2.93 bits per heavy atom. The van der Waals surface area contributed by atoms with E-state index in [1.807, 2.05) is 38.1 Å². The van der Waals surface area contributed by atoms with Gasteiger partial charge >= 0.3 is 0 Å². The van der Waals surface area contributed by atoms with E-state index in [2.05, 4.69) is 10.0 Å². The van der Waals surface area contributed by atoms with Crippen molar-refractivity contribution >= 4 is 0 Å². The lowest BCUT2D eigenvalue weighted by Crippen LogP contribution is -2.34. The van der Waals surface area contributed by atoms with Gasteiger partial charge in [0.15, 0.2) is 0 Å². The van der Waals surface area contributed by atoms with E-state index in [1.54, 1.807) is 0 Å². The molecule has 0 aliphatic carbocycles. The van der Waals surface area contributed by atoms with Gasteiger partial charge in [-0.3, -0.25) is 0 Å². The Kier molecular flexibility index (Phi) is 2.29. The molecular weight excluding hydrogens is 190 g/mol. The van der Waals surface area contributed by atoms with Crippen molar-refractivity contribution < 1.29 is 4.74 Å². The van der Waals surface area contributed by atoms with Crippen molar-refractivity contribution in [3.8, 4) is 5.75 Å². The molecule has 1 atom stereocenters. The molecule has 1 aromatic carbocycles. The van der Waals surface area contributed by atoms with Crippen LogP contribution in [0.2, 0.25) is 0 Å². The maximum atomic E-state index is 8.53. The fourth-order valence-corrected chi connectivity index (χ4v) is 1.93. The van der Waals surface area contributed by atoms with Crippen molar-refractivity contribution in [1.29, 1.82) is 0 Å². The molecule has 1 heterocycles. The van der Waals surface area contributed by atoms with E-state index < -0.39 is 0 Å². The van der Waals surface area contributed by atoms with Crippen LogP contribution in [0.4, 0.5) is 0 Å². The SMILES string of the molecule is CC1(C)C[C@H](N=[N+]=[N-])c2ccccc2O1. The Labute approximate surface area is 88.5 Å². The highest BCUT2D eigenvalue weighted by molar-refractivity contribution is 5.38. The maximum Gasteiger partial charge on any atom is 0.123 e. The first-order valence-electron chi connectivity index (χ1n) is 4.94. The number of benzene rings is 1. The first-order valence-corrected chi connectivity index (χ1v) is 4.94. The monoisotopic (exact) mass is 203 g/mol. The first kappa shape index (κ1) is 9.87. The van der Waals surface area contributed by atoms with Crippen LogP contribution in [-0.4, -0.2) is 5.60 Å². The molecule has 78 valence electrons. The highest BCUT2D eigenvalue weighted by Gasteiger charge is 2.32. The third-order valence-electron chi connectivity index (χ3n) is 2.54. The molecule has 0 unspecified atom stereocenters. The normalized spacial score (nSPS) is 22.1. The molecule has 0 fully saturated rings. The van der Waals surface area contributed by atoms with E-state index in [0.717, 1.165) is 11.3 Å². The molecule has 2 rings (SSSR count). The summed E-state index contributed by atoms with van der Waals surface area (Å²) in [5.74, 6) is 0.825. The van der Waals surface area contributed by atoms with Gasteiger partial charge in [-0.05, 0) is 31.9 Å². The molecule has 4 nitrogen and oxygen atoms in total. The van der Waals surface area contributed by atoms with E-state index in [9.17, 15) is 0 Å². The summed E-state index contributed by atoms with van der Waals surface area (Å²) in [5, 5.41) is 3.82. The van der Waals surface area contributed by atoms with Crippen molar-refractivity contribution in [3.63, 3.8) is 0 Å². The van der Waals surface area contributed by atoms with Crippen molar-refractivity contribution in [2.24, 2.45) is 5.11 Å². The van der Waals surface area contributed by atoms with Crippen LogP contribution in [0.15, 0.2) is 29.4 Å². The second-order valence-corrected chi connectivity index (χ2v) is 4.32. The highest BCUT2D eigenvalue weighted by Crippen LogP contribution is 2.41. The zero-order chi connectivity index (χ0) is 10.9. The minimum absolute atomic E-state index is 0.116. The van der Waals surface area contributed by atoms with Crippen LogP contribution in [0.3, 0.4) is 0 Å². The Morgan fingerprint density at radius 2 is 2.20 bits per heavy atom. The fraction of sp³-hybridized carbons (Fsp3) is 0.455. The number of ether oxygens (including phenoxy) is 1. The van der Waals surface area contributed by atoms with Gasteiger partial charge in [0.25, 0.3) is 0 Å². The molecule has 0 spiro atoms. The van der Waals surface area contributed by atoms with Gasteiger partial charge in [-0.15, -0.1) is 0 Å². The molecule has 1 aliphatic heterocycles. The minimum Gasteiger partial charge on any atom is -0.488 e. The van der Waals surface area contributed by atoms with E-state index in [0.29, 0.717) is 6.42 Å². The van der Waals surface area contributed by atoms with Crippen LogP contribution in [0.5, 0.6) is 5.75 Å². The maximum absolute atomic E-state index is 8.53. The van der Waals surface area contributed by atoms with Crippen molar-refractivity contribution in [1.82, 2.24) is 0 Å². The molecular formula is C11H13N3O. The number of azide groups is 1. The van der Waals surface area contributed by atoms with Gasteiger partial charge in [0.1, 0.15) is 11.4 Å². The number of rotatable bonds is 1. The van der Waals surface area contributed by atoms with Crippen LogP contribution >= 0.6 is 0 Å². The second kappa shape index (κ2) is 3.48. The number of nitrogens with zero attached hydrogens (tertiary/aromatic N) is 3. The van der Waals surface area contributed by atoms with Crippen LogP contribution in [0.1, 0.15) is 31.9 Å². The third-order valence-corrected chi connectivity index (χ3v) is 2.54. The lowest BCUT2D eigenvalue weighted by Gasteiger charge is -2.35. The van der Waals surface area contributed by atoms with Gasteiger partial charge in [0.05, 0.1) is 6.04 Å². The largest absolute Gasteiger partial charge is 0.488 e.